The Balaban J connectivity index is 1.28. The lowest BCUT2D eigenvalue weighted by Gasteiger charge is -2.28. The molecule has 1 aliphatic carbocycles. The van der Waals surface area contributed by atoms with Gasteiger partial charge in [-0.05, 0) is 54.7 Å². The van der Waals surface area contributed by atoms with Crippen molar-refractivity contribution in [3.8, 4) is 22.6 Å². The van der Waals surface area contributed by atoms with Crippen LogP contribution in [0.2, 0.25) is 0 Å². The molecule has 0 amide bonds. The van der Waals surface area contributed by atoms with Crippen LogP contribution in [0, 0.1) is 17.6 Å². The van der Waals surface area contributed by atoms with Crippen LogP contribution in [0.15, 0.2) is 54.7 Å². The number of imidazole rings is 1. The number of aliphatic carboxylic acids is 1. The van der Waals surface area contributed by atoms with Gasteiger partial charge in [-0.3, -0.25) is 9.78 Å². The number of fused-ring (bicyclic) bond motifs is 1. The molecular weight excluding hydrogens is 424 g/mol. The summed E-state index contributed by atoms with van der Waals surface area (Å²) in [5, 5.41) is 8.98. The molecule has 0 saturated heterocycles. The molecule has 0 aliphatic heterocycles. The lowest BCUT2D eigenvalue weighted by molar-refractivity contribution is -0.138. The third-order valence-corrected chi connectivity index (χ3v) is 6.56. The third-order valence-electron chi connectivity index (χ3n) is 6.56. The van der Waals surface area contributed by atoms with Crippen molar-refractivity contribution in [2.45, 2.75) is 38.0 Å². The third kappa shape index (κ3) is 4.49. The fourth-order valence-corrected chi connectivity index (χ4v) is 4.73. The number of carbonyl (C=O) groups is 1. The minimum atomic E-state index is -0.930. The van der Waals surface area contributed by atoms with Crippen LogP contribution in [0.25, 0.3) is 33.7 Å². The molecule has 2 aromatic carbocycles. The lowest BCUT2D eigenvalue weighted by Crippen LogP contribution is -2.16. The van der Waals surface area contributed by atoms with Gasteiger partial charge in [-0.2, -0.15) is 0 Å². The van der Waals surface area contributed by atoms with E-state index in [1.54, 1.807) is 6.20 Å². The fraction of sp³-hybridized carbons (Fsp3) is 0.269. The Labute approximate surface area is 189 Å². The summed E-state index contributed by atoms with van der Waals surface area (Å²) in [4.78, 5) is 22.7. The first-order chi connectivity index (χ1) is 16.0. The first kappa shape index (κ1) is 21.2. The van der Waals surface area contributed by atoms with E-state index in [0.717, 1.165) is 48.9 Å². The maximum absolute atomic E-state index is 13.5. The number of pyridine rings is 1. The molecule has 0 atom stereocenters. The maximum atomic E-state index is 13.5. The van der Waals surface area contributed by atoms with Gasteiger partial charge < -0.3 is 10.1 Å². The number of halogens is 2. The Morgan fingerprint density at radius 3 is 2.33 bits per heavy atom. The molecule has 2 aromatic heterocycles. The Kier molecular flexibility index (Phi) is 5.62. The number of rotatable bonds is 5. The van der Waals surface area contributed by atoms with Crippen molar-refractivity contribution in [2.75, 3.05) is 0 Å². The number of hydrogen-bond acceptors (Lipinski definition) is 3. The van der Waals surface area contributed by atoms with Crippen LogP contribution >= 0.6 is 0 Å². The molecule has 5 nitrogen and oxygen atoms in total. The summed E-state index contributed by atoms with van der Waals surface area (Å²) >= 11 is 0. The topological polar surface area (TPSA) is 78.9 Å². The normalized spacial score (nSPS) is 18.5. The zero-order valence-corrected chi connectivity index (χ0v) is 17.9. The van der Waals surface area contributed by atoms with Gasteiger partial charge in [-0.1, -0.05) is 30.3 Å². The van der Waals surface area contributed by atoms with Gasteiger partial charge in [-0.15, -0.1) is 0 Å². The Bertz CT molecular complexity index is 1250. The molecule has 5 rings (SSSR count). The van der Waals surface area contributed by atoms with Crippen molar-refractivity contribution >= 4 is 17.0 Å². The number of aromatic amines is 1. The average molecular weight is 447 g/mol. The molecule has 0 radical (unpaired) electrons. The maximum Gasteiger partial charge on any atom is 0.303 e. The highest BCUT2D eigenvalue weighted by atomic mass is 19.2. The molecule has 2 heterocycles. The molecule has 0 spiro atoms. The molecule has 1 aliphatic rings. The van der Waals surface area contributed by atoms with E-state index in [1.165, 1.54) is 5.56 Å². The Morgan fingerprint density at radius 2 is 1.67 bits per heavy atom. The Hall–Kier alpha value is -3.61. The molecule has 33 heavy (non-hydrogen) atoms. The van der Waals surface area contributed by atoms with E-state index in [4.69, 9.17) is 5.11 Å². The van der Waals surface area contributed by atoms with Crippen molar-refractivity contribution in [1.29, 1.82) is 0 Å². The van der Waals surface area contributed by atoms with E-state index in [9.17, 15) is 13.6 Å². The van der Waals surface area contributed by atoms with Crippen LogP contribution in [-0.4, -0.2) is 26.0 Å². The van der Waals surface area contributed by atoms with Crippen molar-refractivity contribution in [3.05, 3.63) is 71.9 Å². The van der Waals surface area contributed by atoms with Gasteiger partial charge in [0.05, 0.1) is 11.0 Å². The lowest BCUT2D eigenvalue weighted by atomic mass is 9.77. The van der Waals surface area contributed by atoms with E-state index in [1.807, 2.05) is 12.1 Å². The van der Waals surface area contributed by atoms with Crippen LogP contribution in [-0.2, 0) is 4.79 Å². The van der Waals surface area contributed by atoms with E-state index in [2.05, 4.69) is 39.2 Å². The predicted molar refractivity (Wildman–Crippen MR) is 122 cm³/mol. The summed E-state index contributed by atoms with van der Waals surface area (Å²) in [6, 6.07) is 14.4. The summed E-state index contributed by atoms with van der Waals surface area (Å²) in [7, 11) is 0. The first-order valence-electron chi connectivity index (χ1n) is 11.1. The molecule has 0 bridgehead atoms. The van der Waals surface area contributed by atoms with Crippen LogP contribution < -0.4 is 0 Å². The quantitative estimate of drug-likeness (QED) is 0.375. The molecule has 0 unspecified atom stereocenters. The highest BCUT2D eigenvalue weighted by molar-refractivity contribution is 5.79. The van der Waals surface area contributed by atoms with E-state index in [-0.39, 0.29) is 6.42 Å². The largest absolute Gasteiger partial charge is 0.481 e. The van der Waals surface area contributed by atoms with E-state index < -0.39 is 17.6 Å². The number of nitrogens with zero attached hydrogens (tertiary/aromatic N) is 2. The standard InChI is InChI=1S/C26H23F2N3O2/c27-20-12-23-24(13-21(20)28)31-26(30-23)22-10-9-19(14-29-22)18-7-5-17(6-8-18)16-3-1-15(2-4-16)11-25(32)33/h5-10,12-16H,1-4,11H2,(H,30,31)(H,32,33). The highest BCUT2D eigenvalue weighted by Crippen LogP contribution is 2.37. The number of carboxylic acids is 1. The average Bonchev–Trinajstić information content (AvgIpc) is 3.22. The minimum absolute atomic E-state index is 0.274. The summed E-state index contributed by atoms with van der Waals surface area (Å²) in [6.07, 6.45) is 6.01. The molecule has 168 valence electrons. The number of carboxylic acid groups (broad SMARTS) is 1. The van der Waals surface area contributed by atoms with Gasteiger partial charge in [0.2, 0.25) is 0 Å². The molecule has 4 aromatic rings. The van der Waals surface area contributed by atoms with E-state index in [0.29, 0.717) is 34.4 Å². The molecule has 1 fully saturated rings. The van der Waals surface area contributed by atoms with Crippen LogP contribution in [0.5, 0.6) is 0 Å². The van der Waals surface area contributed by atoms with Gasteiger partial charge in [0.25, 0.3) is 0 Å². The van der Waals surface area contributed by atoms with Crippen molar-refractivity contribution in [3.63, 3.8) is 0 Å². The molecular formula is C26H23F2N3O2. The molecule has 1 saturated carbocycles. The minimum Gasteiger partial charge on any atom is -0.481 e. The number of benzene rings is 2. The molecule has 7 heteroatoms. The smallest absolute Gasteiger partial charge is 0.303 e. The van der Waals surface area contributed by atoms with Gasteiger partial charge in [0.15, 0.2) is 17.5 Å². The fourth-order valence-electron chi connectivity index (χ4n) is 4.73. The van der Waals surface area contributed by atoms with Crippen LogP contribution in [0.1, 0.15) is 43.6 Å². The van der Waals surface area contributed by atoms with E-state index >= 15 is 0 Å². The monoisotopic (exact) mass is 447 g/mol. The Morgan fingerprint density at radius 1 is 0.970 bits per heavy atom. The summed E-state index contributed by atoms with van der Waals surface area (Å²) in [6.45, 7) is 0. The van der Waals surface area contributed by atoms with Crippen LogP contribution in [0.3, 0.4) is 0 Å². The zero-order chi connectivity index (χ0) is 22.9. The van der Waals surface area contributed by atoms with Gasteiger partial charge in [0.1, 0.15) is 5.69 Å². The SMILES string of the molecule is O=C(O)CC1CCC(c2ccc(-c3ccc(-c4nc5cc(F)c(F)cc5[nH]4)nc3)cc2)CC1. The van der Waals surface area contributed by atoms with Crippen molar-refractivity contribution in [2.24, 2.45) is 5.92 Å². The zero-order valence-electron chi connectivity index (χ0n) is 17.9. The van der Waals surface area contributed by atoms with Crippen molar-refractivity contribution < 1.29 is 18.7 Å². The summed E-state index contributed by atoms with van der Waals surface area (Å²) < 4.78 is 26.9. The summed E-state index contributed by atoms with van der Waals surface area (Å²) in [5.41, 5.74) is 4.66. The number of aromatic nitrogens is 3. The van der Waals surface area contributed by atoms with Gasteiger partial charge in [0, 0.05) is 30.3 Å². The van der Waals surface area contributed by atoms with Gasteiger partial charge in [-0.25, -0.2) is 13.8 Å². The molecule has 2 N–H and O–H groups in total. The van der Waals surface area contributed by atoms with Gasteiger partial charge >= 0.3 is 5.97 Å². The number of H-pyrrole nitrogens is 1. The number of nitrogens with one attached hydrogen (secondary N) is 1. The predicted octanol–water partition coefficient (Wildman–Crippen LogP) is 6.32. The summed E-state index contributed by atoms with van der Waals surface area (Å²) in [5.74, 6) is -1.32. The van der Waals surface area contributed by atoms with Crippen LogP contribution in [0.4, 0.5) is 8.78 Å². The second-order valence-electron chi connectivity index (χ2n) is 8.74. The first-order valence-corrected chi connectivity index (χ1v) is 11.1. The second kappa shape index (κ2) is 8.73. The second-order valence-corrected chi connectivity index (χ2v) is 8.74. The highest BCUT2D eigenvalue weighted by Gasteiger charge is 2.24. The van der Waals surface area contributed by atoms with Crippen molar-refractivity contribution in [1.82, 2.24) is 15.0 Å². The number of hydrogen-bond donors (Lipinski definition) is 2.